The van der Waals surface area contributed by atoms with E-state index in [2.05, 4.69) is 0 Å². The summed E-state index contributed by atoms with van der Waals surface area (Å²) in [5.74, 6) is 1.18. The fraction of sp³-hybridized carbons (Fsp3) is 0.0909. The summed E-state index contributed by atoms with van der Waals surface area (Å²) >= 11 is 0. The molecule has 27 heavy (non-hydrogen) atoms. The SMILES string of the molecule is O=[N+]([O-])C=Cc1cc(OCc2ccccc2)cc(OCc2ccccc2)c1. The molecule has 0 aliphatic heterocycles. The fourth-order valence-corrected chi connectivity index (χ4v) is 2.49. The van der Waals surface area contributed by atoms with Crippen molar-refractivity contribution in [2.24, 2.45) is 0 Å². The molecular formula is C22H19NO4. The molecule has 3 aromatic carbocycles. The highest BCUT2D eigenvalue weighted by molar-refractivity contribution is 5.54. The summed E-state index contributed by atoms with van der Waals surface area (Å²) in [6.07, 6.45) is 2.32. The zero-order chi connectivity index (χ0) is 18.9. The number of hydrogen-bond acceptors (Lipinski definition) is 4. The largest absolute Gasteiger partial charge is 0.489 e. The highest BCUT2D eigenvalue weighted by atomic mass is 16.6. The topological polar surface area (TPSA) is 61.6 Å². The second-order valence-corrected chi connectivity index (χ2v) is 5.89. The van der Waals surface area contributed by atoms with Crippen LogP contribution in [0.4, 0.5) is 0 Å². The third-order valence-electron chi connectivity index (χ3n) is 3.79. The lowest BCUT2D eigenvalue weighted by Crippen LogP contribution is -1.98. The van der Waals surface area contributed by atoms with E-state index in [1.807, 2.05) is 60.7 Å². The lowest BCUT2D eigenvalue weighted by atomic mass is 10.2. The van der Waals surface area contributed by atoms with E-state index in [-0.39, 0.29) is 0 Å². The maximum absolute atomic E-state index is 10.6. The minimum absolute atomic E-state index is 0.404. The molecule has 0 bridgehead atoms. The molecule has 0 N–H and O–H groups in total. The van der Waals surface area contributed by atoms with Crippen molar-refractivity contribution in [1.82, 2.24) is 0 Å². The Kier molecular flexibility index (Phi) is 6.20. The Morgan fingerprint density at radius 2 is 1.26 bits per heavy atom. The number of ether oxygens (including phenoxy) is 2. The van der Waals surface area contributed by atoms with Gasteiger partial charge >= 0.3 is 0 Å². The average molecular weight is 361 g/mol. The molecule has 0 aliphatic rings. The Balaban J connectivity index is 1.76. The van der Waals surface area contributed by atoms with Gasteiger partial charge in [0.1, 0.15) is 24.7 Å². The van der Waals surface area contributed by atoms with E-state index < -0.39 is 4.92 Å². The first-order chi connectivity index (χ1) is 13.2. The van der Waals surface area contributed by atoms with Gasteiger partial charge in [-0.3, -0.25) is 10.1 Å². The second kappa shape index (κ2) is 9.20. The molecular weight excluding hydrogens is 342 g/mol. The van der Waals surface area contributed by atoms with E-state index in [1.54, 1.807) is 18.2 Å². The quantitative estimate of drug-likeness (QED) is 0.414. The first-order valence-electron chi connectivity index (χ1n) is 8.49. The van der Waals surface area contributed by atoms with Crippen molar-refractivity contribution >= 4 is 6.08 Å². The Morgan fingerprint density at radius 1 is 0.778 bits per heavy atom. The molecule has 136 valence electrons. The number of benzene rings is 3. The van der Waals surface area contributed by atoms with Crippen LogP contribution in [0.1, 0.15) is 16.7 Å². The van der Waals surface area contributed by atoms with Gasteiger partial charge in [0.05, 0.1) is 4.92 Å². The molecule has 0 unspecified atom stereocenters. The van der Waals surface area contributed by atoms with E-state index in [4.69, 9.17) is 9.47 Å². The first-order valence-corrected chi connectivity index (χ1v) is 8.49. The summed E-state index contributed by atoms with van der Waals surface area (Å²) in [5, 5.41) is 10.6. The van der Waals surface area contributed by atoms with Gasteiger partial charge in [0.15, 0.2) is 0 Å². The monoisotopic (exact) mass is 361 g/mol. The van der Waals surface area contributed by atoms with Crippen molar-refractivity contribution in [3.63, 3.8) is 0 Å². The summed E-state index contributed by atoms with van der Waals surface area (Å²) in [4.78, 5) is 10.1. The smallest absolute Gasteiger partial charge is 0.235 e. The fourth-order valence-electron chi connectivity index (χ4n) is 2.49. The predicted octanol–water partition coefficient (Wildman–Crippen LogP) is 5.09. The van der Waals surface area contributed by atoms with Crippen LogP contribution in [0.3, 0.4) is 0 Å². The van der Waals surface area contributed by atoms with E-state index in [0.717, 1.165) is 17.3 Å². The zero-order valence-electron chi connectivity index (χ0n) is 14.7. The minimum atomic E-state index is -0.498. The highest BCUT2D eigenvalue weighted by Crippen LogP contribution is 2.25. The third-order valence-corrected chi connectivity index (χ3v) is 3.79. The van der Waals surface area contributed by atoms with Crippen LogP contribution in [-0.4, -0.2) is 4.92 Å². The molecule has 0 amide bonds. The van der Waals surface area contributed by atoms with Crippen LogP contribution in [0.15, 0.2) is 85.1 Å². The maximum atomic E-state index is 10.6. The molecule has 0 atom stereocenters. The molecule has 0 saturated carbocycles. The van der Waals surface area contributed by atoms with Gasteiger partial charge in [0.25, 0.3) is 0 Å². The van der Waals surface area contributed by atoms with Crippen LogP contribution in [-0.2, 0) is 13.2 Å². The van der Waals surface area contributed by atoms with Crippen molar-refractivity contribution in [2.75, 3.05) is 0 Å². The van der Waals surface area contributed by atoms with Gasteiger partial charge in [-0.05, 0) is 28.8 Å². The molecule has 5 nitrogen and oxygen atoms in total. The van der Waals surface area contributed by atoms with Crippen LogP contribution in [0, 0.1) is 10.1 Å². The van der Waals surface area contributed by atoms with Crippen molar-refractivity contribution in [3.05, 3.63) is 112 Å². The number of hydrogen-bond donors (Lipinski definition) is 0. The molecule has 3 rings (SSSR count). The molecule has 0 fully saturated rings. The molecule has 0 radical (unpaired) electrons. The molecule has 0 aromatic heterocycles. The standard InChI is InChI=1S/C22H19NO4/c24-23(25)12-11-20-13-21(26-16-18-7-3-1-4-8-18)15-22(14-20)27-17-19-9-5-2-6-10-19/h1-15H,16-17H2. The maximum Gasteiger partial charge on any atom is 0.235 e. The second-order valence-electron chi connectivity index (χ2n) is 5.89. The Morgan fingerprint density at radius 3 is 1.70 bits per heavy atom. The lowest BCUT2D eigenvalue weighted by molar-refractivity contribution is -0.400. The van der Waals surface area contributed by atoms with Crippen molar-refractivity contribution in [2.45, 2.75) is 13.2 Å². The summed E-state index contributed by atoms with van der Waals surface area (Å²) < 4.78 is 11.7. The van der Waals surface area contributed by atoms with Crippen molar-refractivity contribution in [3.8, 4) is 11.5 Å². The van der Waals surface area contributed by atoms with E-state index in [0.29, 0.717) is 30.3 Å². The van der Waals surface area contributed by atoms with Gasteiger partial charge in [-0.1, -0.05) is 60.7 Å². The van der Waals surface area contributed by atoms with Crippen LogP contribution in [0.2, 0.25) is 0 Å². The minimum Gasteiger partial charge on any atom is -0.489 e. The van der Waals surface area contributed by atoms with Crippen molar-refractivity contribution in [1.29, 1.82) is 0 Å². The van der Waals surface area contributed by atoms with Gasteiger partial charge in [-0.15, -0.1) is 0 Å². The molecule has 0 saturated heterocycles. The summed E-state index contributed by atoms with van der Waals surface area (Å²) in [5.41, 5.74) is 2.71. The summed E-state index contributed by atoms with van der Waals surface area (Å²) in [6.45, 7) is 0.808. The number of rotatable bonds is 8. The van der Waals surface area contributed by atoms with Crippen LogP contribution in [0.5, 0.6) is 11.5 Å². The Labute approximate surface area is 157 Å². The van der Waals surface area contributed by atoms with Crippen LogP contribution in [0.25, 0.3) is 6.08 Å². The Bertz CT molecular complexity index is 846. The van der Waals surface area contributed by atoms with Gasteiger partial charge in [-0.25, -0.2) is 0 Å². The Hall–Kier alpha value is -3.60. The normalized spacial score (nSPS) is 10.7. The van der Waals surface area contributed by atoms with Crippen LogP contribution >= 0.6 is 0 Å². The van der Waals surface area contributed by atoms with E-state index in [1.165, 1.54) is 6.08 Å². The molecule has 3 aromatic rings. The van der Waals surface area contributed by atoms with Gasteiger partial charge in [0.2, 0.25) is 6.20 Å². The predicted molar refractivity (Wildman–Crippen MR) is 104 cm³/mol. The van der Waals surface area contributed by atoms with Crippen molar-refractivity contribution < 1.29 is 14.4 Å². The first kappa shape index (κ1) is 18.2. The highest BCUT2D eigenvalue weighted by Gasteiger charge is 2.04. The summed E-state index contributed by atoms with van der Waals surface area (Å²) in [7, 11) is 0. The van der Waals surface area contributed by atoms with Crippen LogP contribution < -0.4 is 9.47 Å². The molecule has 0 aliphatic carbocycles. The zero-order valence-corrected chi connectivity index (χ0v) is 14.7. The van der Waals surface area contributed by atoms with Gasteiger partial charge < -0.3 is 9.47 Å². The third kappa shape index (κ3) is 6.01. The number of nitro groups is 1. The lowest BCUT2D eigenvalue weighted by Gasteiger charge is -2.11. The number of nitrogens with zero attached hydrogens (tertiary/aromatic N) is 1. The summed E-state index contributed by atoms with van der Waals surface area (Å²) in [6, 6.07) is 24.9. The van der Waals surface area contributed by atoms with Gasteiger partial charge in [-0.2, -0.15) is 0 Å². The van der Waals surface area contributed by atoms with E-state index in [9.17, 15) is 10.1 Å². The van der Waals surface area contributed by atoms with Gasteiger partial charge in [0, 0.05) is 12.1 Å². The molecule has 0 spiro atoms. The van der Waals surface area contributed by atoms with E-state index >= 15 is 0 Å². The molecule has 0 heterocycles. The average Bonchev–Trinajstić information content (AvgIpc) is 2.71. The molecule has 5 heteroatoms.